The van der Waals surface area contributed by atoms with Crippen LogP contribution in [0.3, 0.4) is 0 Å². The third-order valence-electron chi connectivity index (χ3n) is 5.68. The van der Waals surface area contributed by atoms with Gasteiger partial charge in [0.25, 0.3) is 0 Å². The van der Waals surface area contributed by atoms with E-state index in [0.29, 0.717) is 24.2 Å². The molecule has 2 aromatic rings. The molecule has 3 rings (SSSR count). The van der Waals surface area contributed by atoms with E-state index in [1.807, 2.05) is 26.0 Å². The smallest absolute Gasteiger partial charge is 0.338 e. The highest BCUT2D eigenvalue weighted by Crippen LogP contribution is 2.37. The van der Waals surface area contributed by atoms with Gasteiger partial charge < -0.3 is 4.90 Å². The predicted octanol–water partition coefficient (Wildman–Crippen LogP) is 6.31. The van der Waals surface area contributed by atoms with Gasteiger partial charge in [0.15, 0.2) is 0 Å². The van der Waals surface area contributed by atoms with Crippen LogP contribution < -0.4 is 0 Å². The molecule has 0 N–H and O–H groups in total. The van der Waals surface area contributed by atoms with Crippen molar-refractivity contribution in [1.29, 1.82) is 0 Å². The Bertz CT molecular complexity index is 999. The number of hydrogen-bond donors (Lipinski definition) is 0. The summed E-state index contributed by atoms with van der Waals surface area (Å²) in [6.45, 7) is 6.12. The van der Waals surface area contributed by atoms with Crippen molar-refractivity contribution in [3.63, 3.8) is 0 Å². The quantitative estimate of drug-likeness (QED) is 0.463. The second-order valence-corrected chi connectivity index (χ2v) is 8.53. The molecule has 0 heterocycles. The van der Waals surface area contributed by atoms with Crippen molar-refractivity contribution >= 4 is 22.8 Å². The number of hydrogen-bond acceptors (Lipinski definition) is 2. The summed E-state index contributed by atoms with van der Waals surface area (Å²) in [6, 6.07) is 9.13. The lowest BCUT2D eigenvalue weighted by atomic mass is 9.91. The van der Waals surface area contributed by atoms with Crippen molar-refractivity contribution in [3.8, 4) is 11.1 Å². The molecular weight excluding hydrogens is 427 g/mol. The van der Waals surface area contributed by atoms with E-state index >= 15 is 0 Å². The number of rotatable bonds is 7. The van der Waals surface area contributed by atoms with Gasteiger partial charge in [0.1, 0.15) is 0 Å². The van der Waals surface area contributed by atoms with E-state index in [-0.39, 0.29) is 17.4 Å². The summed E-state index contributed by atoms with van der Waals surface area (Å²) in [6.07, 6.45) is -2.79. The van der Waals surface area contributed by atoms with Crippen LogP contribution in [-0.2, 0) is 22.3 Å². The van der Waals surface area contributed by atoms with E-state index in [1.54, 1.807) is 17.0 Å². The second-order valence-electron chi connectivity index (χ2n) is 8.15. The molecule has 0 bridgehead atoms. The molecule has 1 aliphatic carbocycles. The van der Waals surface area contributed by atoms with Gasteiger partial charge in [-0.15, -0.1) is 0 Å². The normalized spacial score (nSPS) is 14.9. The molecule has 1 saturated carbocycles. The maximum Gasteiger partial charge on any atom is 0.416 e. The first-order chi connectivity index (χ1) is 14.5. The summed E-state index contributed by atoms with van der Waals surface area (Å²) in [5.74, 6) is -0.731. The number of carbonyl (C=O) groups is 2. The first kappa shape index (κ1) is 23.3. The average Bonchev–Trinajstić information content (AvgIpc) is 3.55. The lowest BCUT2D eigenvalue weighted by molar-refractivity contribution is -0.137. The van der Waals surface area contributed by atoms with Crippen LogP contribution in [0.2, 0.25) is 0 Å². The topological polar surface area (TPSA) is 37.4 Å². The summed E-state index contributed by atoms with van der Waals surface area (Å²) in [5.41, 5.74) is 2.04. The summed E-state index contributed by atoms with van der Waals surface area (Å²) < 4.78 is 40.8. The molecule has 7 heteroatoms. The van der Waals surface area contributed by atoms with Crippen LogP contribution in [0.1, 0.15) is 54.9 Å². The molecule has 3 nitrogen and oxygen atoms in total. The minimum Gasteiger partial charge on any atom is -0.338 e. The molecule has 1 unspecified atom stereocenters. The standard InChI is InChI=1S/C24H25ClF3NO2/c1-4-29(23(31)16-6-7-16)13-19-9-14(2)5-8-21(19)18-10-17(15(3)22(25)30)11-20(12-18)24(26,27)28/h5,8-12,15-16H,4,6-7,13H2,1-3H3. The highest BCUT2D eigenvalue weighted by molar-refractivity contribution is 6.64. The summed E-state index contributed by atoms with van der Waals surface area (Å²) in [4.78, 5) is 26.0. The van der Waals surface area contributed by atoms with E-state index in [1.165, 1.54) is 6.92 Å². The van der Waals surface area contributed by atoms with Gasteiger partial charge >= 0.3 is 6.18 Å². The molecule has 0 aliphatic heterocycles. The molecule has 166 valence electrons. The number of alkyl halides is 3. The van der Waals surface area contributed by atoms with Crippen molar-refractivity contribution < 1.29 is 22.8 Å². The van der Waals surface area contributed by atoms with Crippen molar-refractivity contribution in [1.82, 2.24) is 4.90 Å². The fourth-order valence-corrected chi connectivity index (χ4v) is 3.75. The molecule has 1 aliphatic rings. The summed E-state index contributed by atoms with van der Waals surface area (Å²) in [5, 5.41) is -0.721. The van der Waals surface area contributed by atoms with E-state index in [9.17, 15) is 22.8 Å². The van der Waals surface area contributed by atoms with E-state index in [4.69, 9.17) is 11.6 Å². The highest BCUT2D eigenvalue weighted by atomic mass is 35.5. The Morgan fingerprint density at radius 1 is 1.16 bits per heavy atom. The number of aryl methyl sites for hydroxylation is 1. The number of carbonyl (C=O) groups excluding carboxylic acids is 2. The lowest BCUT2D eigenvalue weighted by Gasteiger charge is -2.23. The van der Waals surface area contributed by atoms with Gasteiger partial charge in [-0.1, -0.05) is 36.8 Å². The Morgan fingerprint density at radius 2 is 1.84 bits per heavy atom. The monoisotopic (exact) mass is 451 g/mol. The van der Waals surface area contributed by atoms with Crippen molar-refractivity contribution in [3.05, 3.63) is 58.7 Å². The Labute approximate surface area is 185 Å². The molecule has 31 heavy (non-hydrogen) atoms. The Morgan fingerprint density at radius 3 is 2.39 bits per heavy atom. The number of nitrogens with zero attached hydrogens (tertiary/aromatic N) is 1. The number of benzene rings is 2. The molecule has 1 fully saturated rings. The molecule has 1 amide bonds. The highest BCUT2D eigenvalue weighted by Gasteiger charge is 2.34. The van der Waals surface area contributed by atoms with Crippen LogP contribution in [0.5, 0.6) is 0 Å². The summed E-state index contributed by atoms with van der Waals surface area (Å²) >= 11 is 5.57. The predicted molar refractivity (Wildman–Crippen MR) is 115 cm³/mol. The van der Waals surface area contributed by atoms with Crippen molar-refractivity contribution in [2.45, 2.75) is 52.3 Å². The fourth-order valence-electron chi connectivity index (χ4n) is 3.63. The van der Waals surface area contributed by atoms with Gasteiger partial charge in [0.05, 0.1) is 11.5 Å². The zero-order valence-corrected chi connectivity index (χ0v) is 18.5. The van der Waals surface area contributed by atoms with Gasteiger partial charge in [0.2, 0.25) is 11.1 Å². The zero-order chi connectivity index (χ0) is 22.9. The first-order valence-electron chi connectivity index (χ1n) is 10.3. The molecule has 0 spiro atoms. The van der Waals surface area contributed by atoms with Crippen molar-refractivity contribution in [2.75, 3.05) is 6.54 Å². The van der Waals surface area contributed by atoms with Crippen LogP contribution >= 0.6 is 11.6 Å². The molecule has 2 aromatic carbocycles. The van der Waals surface area contributed by atoms with Gasteiger partial charge in [-0.25, -0.2) is 0 Å². The lowest BCUT2D eigenvalue weighted by Crippen LogP contribution is -2.31. The maximum atomic E-state index is 13.6. The molecule has 0 saturated heterocycles. The SMILES string of the molecule is CCN(Cc1cc(C)ccc1-c1cc(C(C)C(=O)Cl)cc(C(F)(F)F)c1)C(=O)C1CC1. The molecule has 0 radical (unpaired) electrons. The van der Waals surface area contributed by atoms with Gasteiger partial charge in [0, 0.05) is 19.0 Å². The summed E-state index contributed by atoms with van der Waals surface area (Å²) in [7, 11) is 0. The Hall–Kier alpha value is -2.34. The Balaban J connectivity index is 2.10. The molecular formula is C24H25ClF3NO2. The minimum atomic E-state index is -4.57. The van der Waals surface area contributed by atoms with E-state index in [0.717, 1.165) is 36.1 Å². The van der Waals surface area contributed by atoms with Gasteiger partial charge in [-0.3, -0.25) is 9.59 Å². The van der Waals surface area contributed by atoms with E-state index < -0.39 is 22.9 Å². The second kappa shape index (κ2) is 9.03. The number of amides is 1. The Kier molecular flexibility index (Phi) is 6.79. The first-order valence-corrected chi connectivity index (χ1v) is 10.7. The van der Waals surface area contributed by atoms with Crippen LogP contribution in [0.15, 0.2) is 36.4 Å². The van der Waals surface area contributed by atoms with Gasteiger partial charge in [-0.05, 0) is 72.7 Å². The van der Waals surface area contributed by atoms with Crippen LogP contribution in [0.25, 0.3) is 11.1 Å². The van der Waals surface area contributed by atoms with Crippen LogP contribution in [-0.4, -0.2) is 22.6 Å². The zero-order valence-electron chi connectivity index (χ0n) is 17.7. The fraction of sp³-hybridized carbons (Fsp3) is 0.417. The molecule has 1 atom stereocenters. The number of halogens is 4. The largest absolute Gasteiger partial charge is 0.416 e. The van der Waals surface area contributed by atoms with Crippen LogP contribution in [0, 0.1) is 12.8 Å². The average molecular weight is 452 g/mol. The third-order valence-corrected chi connectivity index (χ3v) is 6.00. The van der Waals surface area contributed by atoms with Crippen molar-refractivity contribution in [2.24, 2.45) is 5.92 Å². The minimum absolute atomic E-state index is 0.0592. The van der Waals surface area contributed by atoms with Gasteiger partial charge in [-0.2, -0.15) is 13.2 Å². The maximum absolute atomic E-state index is 13.6. The molecule has 0 aromatic heterocycles. The van der Waals surface area contributed by atoms with E-state index in [2.05, 4.69) is 0 Å². The van der Waals surface area contributed by atoms with Crippen LogP contribution in [0.4, 0.5) is 13.2 Å². The third kappa shape index (κ3) is 5.48.